The molecule has 0 bridgehead atoms. The topological polar surface area (TPSA) is 64.6 Å². The predicted molar refractivity (Wildman–Crippen MR) is 70.7 cm³/mol. The summed E-state index contributed by atoms with van der Waals surface area (Å²) in [6.07, 6.45) is 0.398. The van der Waals surface area contributed by atoms with Crippen molar-refractivity contribution in [2.45, 2.75) is 19.9 Å². The van der Waals surface area contributed by atoms with Gasteiger partial charge >= 0.3 is 11.9 Å². The van der Waals surface area contributed by atoms with Crippen molar-refractivity contribution in [1.29, 1.82) is 0 Å². The molecule has 1 N–H and O–H groups in total. The maximum atomic E-state index is 11.2. The Kier molecular flexibility index (Phi) is 6.60. The first-order chi connectivity index (χ1) is 9.17. The molecule has 1 aromatic carbocycles. The maximum Gasteiger partial charge on any atom is 0.337 e. The summed E-state index contributed by atoms with van der Waals surface area (Å²) in [6, 6.07) is 7.16. The summed E-state index contributed by atoms with van der Waals surface area (Å²) >= 11 is 0. The third kappa shape index (κ3) is 5.52. The van der Waals surface area contributed by atoms with Gasteiger partial charge in [0.1, 0.15) is 6.61 Å². The van der Waals surface area contributed by atoms with Gasteiger partial charge in [0.05, 0.1) is 12.7 Å². The molecule has 0 saturated heterocycles. The standard InChI is InChI=1S/C14H19NO4/c1-3-13(16)19-9-8-15-10-11-4-6-12(7-5-11)14(17)18-2/h4-7,15H,3,8-10H2,1-2H3. The average molecular weight is 265 g/mol. The van der Waals surface area contributed by atoms with Gasteiger partial charge in [0.25, 0.3) is 0 Å². The number of methoxy groups -OCH3 is 1. The van der Waals surface area contributed by atoms with Gasteiger partial charge in [-0.1, -0.05) is 19.1 Å². The summed E-state index contributed by atoms with van der Waals surface area (Å²) < 4.78 is 9.55. The molecule has 19 heavy (non-hydrogen) atoms. The Labute approximate surface area is 112 Å². The van der Waals surface area contributed by atoms with Gasteiger partial charge in [-0.3, -0.25) is 4.79 Å². The molecule has 104 valence electrons. The lowest BCUT2D eigenvalue weighted by atomic mass is 10.1. The van der Waals surface area contributed by atoms with E-state index in [4.69, 9.17) is 4.74 Å². The van der Waals surface area contributed by atoms with Gasteiger partial charge in [-0.05, 0) is 17.7 Å². The Morgan fingerprint density at radius 1 is 1.21 bits per heavy atom. The van der Waals surface area contributed by atoms with Crippen LogP contribution in [0.1, 0.15) is 29.3 Å². The van der Waals surface area contributed by atoms with Gasteiger partial charge in [-0.15, -0.1) is 0 Å². The number of nitrogens with one attached hydrogen (secondary N) is 1. The van der Waals surface area contributed by atoms with Crippen molar-refractivity contribution in [3.63, 3.8) is 0 Å². The van der Waals surface area contributed by atoms with Crippen LogP contribution in [0.4, 0.5) is 0 Å². The van der Waals surface area contributed by atoms with Crippen molar-refractivity contribution in [2.75, 3.05) is 20.3 Å². The molecule has 0 atom stereocenters. The Balaban J connectivity index is 2.26. The van der Waals surface area contributed by atoms with E-state index < -0.39 is 0 Å². The summed E-state index contributed by atoms with van der Waals surface area (Å²) in [5.74, 6) is -0.532. The molecule has 5 heteroatoms. The molecule has 0 saturated carbocycles. The van der Waals surface area contributed by atoms with Crippen LogP contribution in [0, 0.1) is 0 Å². The smallest absolute Gasteiger partial charge is 0.337 e. The first-order valence-corrected chi connectivity index (χ1v) is 6.21. The van der Waals surface area contributed by atoms with Gasteiger partial charge in [-0.2, -0.15) is 0 Å². The molecule has 0 heterocycles. The molecule has 0 aliphatic rings. The lowest BCUT2D eigenvalue weighted by Gasteiger charge is -2.06. The largest absolute Gasteiger partial charge is 0.465 e. The van der Waals surface area contributed by atoms with Crippen LogP contribution in [-0.4, -0.2) is 32.2 Å². The highest BCUT2D eigenvalue weighted by Crippen LogP contribution is 2.05. The van der Waals surface area contributed by atoms with E-state index in [0.29, 0.717) is 31.7 Å². The molecule has 0 aromatic heterocycles. The molecule has 1 aromatic rings. The fraction of sp³-hybridized carbons (Fsp3) is 0.429. The number of carbonyl (C=O) groups is 2. The first kappa shape index (κ1) is 15.2. The van der Waals surface area contributed by atoms with E-state index in [1.165, 1.54) is 7.11 Å². The van der Waals surface area contributed by atoms with E-state index in [-0.39, 0.29) is 11.9 Å². The Bertz CT molecular complexity index is 414. The molecular weight excluding hydrogens is 246 g/mol. The van der Waals surface area contributed by atoms with Crippen LogP contribution in [0.3, 0.4) is 0 Å². The number of hydrogen-bond acceptors (Lipinski definition) is 5. The van der Waals surface area contributed by atoms with E-state index in [0.717, 1.165) is 5.56 Å². The molecular formula is C14H19NO4. The predicted octanol–water partition coefficient (Wildman–Crippen LogP) is 1.52. The second-order valence-corrected chi connectivity index (χ2v) is 3.94. The van der Waals surface area contributed by atoms with Crippen LogP contribution >= 0.6 is 0 Å². The van der Waals surface area contributed by atoms with Crippen LogP contribution in [0.5, 0.6) is 0 Å². The number of carbonyl (C=O) groups excluding carboxylic acids is 2. The molecule has 0 spiro atoms. The van der Waals surface area contributed by atoms with Crippen molar-refractivity contribution < 1.29 is 19.1 Å². The molecule has 0 radical (unpaired) electrons. The Morgan fingerprint density at radius 2 is 1.89 bits per heavy atom. The zero-order chi connectivity index (χ0) is 14.1. The summed E-state index contributed by atoms with van der Waals surface area (Å²) in [4.78, 5) is 22.1. The number of hydrogen-bond donors (Lipinski definition) is 1. The zero-order valence-electron chi connectivity index (χ0n) is 11.3. The van der Waals surface area contributed by atoms with Gasteiger partial charge < -0.3 is 14.8 Å². The number of esters is 2. The molecule has 0 amide bonds. The Morgan fingerprint density at radius 3 is 2.47 bits per heavy atom. The van der Waals surface area contributed by atoms with Crippen LogP contribution in [-0.2, 0) is 20.8 Å². The van der Waals surface area contributed by atoms with Gasteiger partial charge in [0.2, 0.25) is 0 Å². The fourth-order valence-corrected chi connectivity index (χ4v) is 1.45. The highest BCUT2D eigenvalue weighted by atomic mass is 16.5. The maximum absolute atomic E-state index is 11.2. The molecule has 0 aliphatic carbocycles. The highest BCUT2D eigenvalue weighted by molar-refractivity contribution is 5.89. The van der Waals surface area contributed by atoms with Crippen LogP contribution in [0.25, 0.3) is 0 Å². The number of rotatable bonds is 7. The van der Waals surface area contributed by atoms with Gasteiger partial charge in [0, 0.05) is 19.5 Å². The summed E-state index contributed by atoms with van der Waals surface area (Å²) in [6.45, 7) is 3.39. The minimum absolute atomic E-state index is 0.191. The second-order valence-electron chi connectivity index (χ2n) is 3.94. The lowest BCUT2D eigenvalue weighted by Crippen LogP contribution is -2.20. The van der Waals surface area contributed by atoms with Crippen molar-refractivity contribution in [2.24, 2.45) is 0 Å². The fourth-order valence-electron chi connectivity index (χ4n) is 1.45. The van der Waals surface area contributed by atoms with Crippen molar-refractivity contribution in [3.05, 3.63) is 35.4 Å². The van der Waals surface area contributed by atoms with Crippen molar-refractivity contribution >= 4 is 11.9 Å². The van der Waals surface area contributed by atoms with E-state index >= 15 is 0 Å². The second kappa shape index (κ2) is 8.26. The van der Waals surface area contributed by atoms with Crippen LogP contribution in [0.2, 0.25) is 0 Å². The van der Waals surface area contributed by atoms with E-state index in [2.05, 4.69) is 10.1 Å². The molecule has 0 fully saturated rings. The third-order valence-corrected chi connectivity index (χ3v) is 2.53. The van der Waals surface area contributed by atoms with Crippen LogP contribution in [0.15, 0.2) is 24.3 Å². The summed E-state index contributed by atoms with van der Waals surface area (Å²) in [5.41, 5.74) is 1.58. The van der Waals surface area contributed by atoms with E-state index in [9.17, 15) is 9.59 Å². The molecule has 0 unspecified atom stereocenters. The monoisotopic (exact) mass is 265 g/mol. The highest BCUT2D eigenvalue weighted by Gasteiger charge is 2.04. The lowest BCUT2D eigenvalue weighted by molar-refractivity contribution is -0.143. The number of ether oxygens (including phenoxy) is 2. The minimum Gasteiger partial charge on any atom is -0.465 e. The van der Waals surface area contributed by atoms with Crippen molar-refractivity contribution in [1.82, 2.24) is 5.32 Å². The third-order valence-electron chi connectivity index (χ3n) is 2.53. The summed E-state index contributed by atoms with van der Waals surface area (Å²) in [7, 11) is 1.36. The molecule has 5 nitrogen and oxygen atoms in total. The molecule has 1 rings (SSSR count). The van der Waals surface area contributed by atoms with Crippen molar-refractivity contribution in [3.8, 4) is 0 Å². The number of benzene rings is 1. The molecule has 0 aliphatic heterocycles. The van der Waals surface area contributed by atoms with Gasteiger partial charge in [0.15, 0.2) is 0 Å². The Hall–Kier alpha value is -1.88. The van der Waals surface area contributed by atoms with E-state index in [1.54, 1.807) is 19.1 Å². The summed E-state index contributed by atoms with van der Waals surface area (Å²) in [5, 5.41) is 3.15. The van der Waals surface area contributed by atoms with Gasteiger partial charge in [-0.25, -0.2) is 4.79 Å². The zero-order valence-corrected chi connectivity index (χ0v) is 11.3. The normalized spacial score (nSPS) is 10.0. The first-order valence-electron chi connectivity index (χ1n) is 6.21. The SMILES string of the molecule is CCC(=O)OCCNCc1ccc(C(=O)OC)cc1. The van der Waals surface area contributed by atoms with Crippen LogP contribution < -0.4 is 5.32 Å². The van der Waals surface area contributed by atoms with E-state index in [1.807, 2.05) is 12.1 Å². The minimum atomic E-state index is -0.342. The average Bonchev–Trinajstić information content (AvgIpc) is 2.46. The quantitative estimate of drug-likeness (QED) is 0.598.